The van der Waals surface area contributed by atoms with E-state index in [-0.39, 0.29) is 11.7 Å². The molecule has 3 atom stereocenters. The third-order valence-electron chi connectivity index (χ3n) is 6.52. The third kappa shape index (κ3) is 5.67. The van der Waals surface area contributed by atoms with Crippen molar-refractivity contribution >= 4 is 17.5 Å². The van der Waals surface area contributed by atoms with Crippen molar-refractivity contribution in [1.29, 1.82) is 0 Å². The second-order valence-corrected chi connectivity index (χ2v) is 9.24. The molecule has 1 fully saturated rings. The molecule has 0 saturated heterocycles. The highest BCUT2D eigenvalue weighted by molar-refractivity contribution is 5.95. The molecule has 36 heavy (non-hydrogen) atoms. The van der Waals surface area contributed by atoms with Crippen LogP contribution in [0.5, 0.6) is 0 Å². The molecule has 9 heteroatoms. The minimum Gasteiger partial charge on any atom is -0.389 e. The van der Waals surface area contributed by atoms with Gasteiger partial charge in [0.2, 0.25) is 5.91 Å². The summed E-state index contributed by atoms with van der Waals surface area (Å²) in [5.41, 5.74) is 3.95. The van der Waals surface area contributed by atoms with Crippen LogP contribution in [-0.4, -0.2) is 38.0 Å². The molecule has 1 saturated carbocycles. The van der Waals surface area contributed by atoms with Crippen molar-refractivity contribution in [1.82, 2.24) is 15.0 Å². The Hall–Kier alpha value is -3.46. The van der Waals surface area contributed by atoms with E-state index in [9.17, 15) is 18.7 Å². The van der Waals surface area contributed by atoms with Crippen LogP contribution in [0, 0.1) is 11.8 Å². The van der Waals surface area contributed by atoms with E-state index in [1.807, 2.05) is 25.1 Å². The van der Waals surface area contributed by atoms with E-state index in [1.165, 1.54) is 12.4 Å². The molecule has 1 unspecified atom stereocenters. The summed E-state index contributed by atoms with van der Waals surface area (Å²) in [4.78, 5) is 24.9. The van der Waals surface area contributed by atoms with E-state index in [0.29, 0.717) is 23.5 Å². The first-order valence-electron chi connectivity index (χ1n) is 12.2. The Labute approximate surface area is 209 Å². The van der Waals surface area contributed by atoms with E-state index in [4.69, 9.17) is 0 Å². The van der Waals surface area contributed by atoms with Gasteiger partial charge >= 0.3 is 0 Å². The van der Waals surface area contributed by atoms with Crippen LogP contribution in [0.4, 0.5) is 20.4 Å². The topological polar surface area (TPSA) is 100 Å². The van der Waals surface area contributed by atoms with Crippen LogP contribution >= 0.6 is 0 Å². The number of nitrogens with zero attached hydrogens (tertiary/aromatic N) is 3. The Balaban J connectivity index is 1.60. The summed E-state index contributed by atoms with van der Waals surface area (Å²) in [7, 11) is 0. The monoisotopic (exact) mass is 495 g/mol. The molecule has 7 nitrogen and oxygen atoms in total. The first-order chi connectivity index (χ1) is 17.2. The normalized spacial score (nSPS) is 21.4. The van der Waals surface area contributed by atoms with Gasteiger partial charge in [-0.15, -0.1) is 0 Å². The van der Waals surface area contributed by atoms with Gasteiger partial charge in [0.25, 0.3) is 5.92 Å². The lowest BCUT2D eigenvalue weighted by Gasteiger charge is -2.20. The maximum atomic E-state index is 13.2. The van der Waals surface area contributed by atoms with Crippen LogP contribution in [0.15, 0.2) is 65.8 Å². The predicted molar refractivity (Wildman–Crippen MR) is 135 cm³/mol. The van der Waals surface area contributed by atoms with Crippen LogP contribution in [-0.2, 0) is 4.79 Å². The SMILES string of the molecule is CCC[C@@H](O)C1=CC(C)=C(Nc2ncccc2-c2cc(NC(=O)[C@H]3CC3(F)F)ncn2)C=CC1CC. The second kappa shape index (κ2) is 10.7. The molecule has 2 aromatic rings. The van der Waals surface area contributed by atoms with Crippen molar-refractivity contribution < 1.29 is 18.7 Å². The molecule has 0 radical (unpaired) electrons. The van der Waals surface area contributed by atoms with Gasteiger partial charge in [-0.3, -0.25) is 4.79 Å². The fraction of sp³-hybridized carbons (Fsp3) is 0.407. The Kier molecular flexibility index (Phi) is 7.59. The van der Waals surface area contributed by atoms with Crippen molar-refractivity contribution in [3.8, 4) is 11.3 Å². The molecule has 0 aromatic carbocycles. The number of alkyl halides is 2. The number of pyridine rings is 1. The molecular weight excluding hydrogens is 464 g/mol. The number of allylic oxidation sites excluding steroid dienone is 4. The van der Waals surface area contributed by atoms with E-state index < -0.39 is 30.3 Å². The van der Waals surface area contributed by atoms with E-state index >= 15 is 0 Å². The number of carbonyl (C=O) groups is 1. The Bertz CT molecular complexity index is 1220. The number of hydrogen-bond acceptors (Lipinski definition) is 6. The zero-order chi connectivity index (χ0) is 25.9. The standard InChI is InChI=1S/C27H31F2N5O2/c1-4-7-23(35)19-12-16(3)21(10-9-17(19)5-2)33-25-18(8-6-11-30-25)22-13-24(32-15-31-22)34-26(36)20-14-27(20,28)29/h6,8-13,15,17,20,23,35H,4-5,7,14H2,1-3H3,(H,30,33)(H,31,32,34,36)/t17?,20-,23-/m1/s1. The highest BCUT2D eigenvalue weighted by atomic mass is 19.3. The van der Waals surface area contributed by atoms with E-state index in [1.54, 1.807) is 12.3 Å². The largest absolute Gasteiger partial charge is 0.389 e. The molecule has 0 spiro atoms. The maximum absolute atomic E-state index is 13.2. The number of nitrogens with one attached hydrogen (secondary N) is 2. The Morgan fingerprint density at radius 3 is 2.75 bits per heavy atom. The smallest absolute Gasteiger partial charge is 0.260 e. The molecule has 2 aliphatic carbocycles. The summed E-state index contributed by atoms with van der Waals surface area (Å²) in [6, 6.07) is 5.13. The van der Waals surface area contributed by atoms with Crippen molar-refractivity contribution in [3.05, 3.63) is 65.8 Å². The van der Waals surface area contributed by atoms with Gasteiger partial charge in [0.05, 0.1) is 11.8 Å². The lowest BCUT2D eigenvalue weighted by atomic mass is 9.89. The molecule has 0 bridgehead atoms. The van der Waals surface area contributed by atoms with Gasteiger partial charge in [-0.05, 0) is 49.1 Å². The van der Waals surface area contributed by atoms with Gasteiger partial charge in [0.1, 0.15) is 23.9 Å². The van der Waals surface area contributed by atoms with Crippen molar-refractivity contribution in [2.45, 2.75) is 58.5 Å². The second-order valence-electron chi connectivity index (χ2n) is 9.24. The number of rotatable bonds is 9. The van der Waals surface area contributed by atoms with Crippen LogP contribution in [0.25, 0.3) is 11.3 Å². The molecule has 3 N–H and O–H groups in total. The average Bonchev–Trinajstić information content (AvgIpc) is 3.54. The summed E-state index contributed by atoms with van der Waals surface area (Å²) < 4.78 is 26.5. The van der Waals surface area contributed by atoms with Crippen LogP contribution in [0.2, 0.25) is 0 Å². The van der Waals surface area contributed by atoms with Crippen LogP contribution in [0.3, 0.4) is 0 Å². The maximum Gasteiger partial charge on any atom is 0.260 e. The number of halogens is 2. The highest BCUT2D eigenvalue weighted by Crippen LogP contribution is 2.49. The summed E-state index contributed by atoms with van der Waals surface area (Å²) >= 11 is 0. The average molecular weight is 496 g/mol. The first kappa shape index (κ1) is 25.6. The van der Waals surface area contributed by atoms with Crippen molar-refractivity contribution in [3.63, 3.8) is 0 Å². The number of hydrogen-bond donors (Lipinski definition) is 3. The fourth-order valence-electron chi connectivity index (χ4n) is 4.31. The summed E-state index contributed by atoms with van der Waals surface area (Å²) in [6.45, 7) is 6.14. The Morgan fingerprint density at radius 2 is 2.06 bits per heavy atom. The number of carbonyl (C=O) groups excluding carboxylic acids is 1. The minimum atomic E-state index is -2.95. The minimum absolute atomic E-state index is 0.135. The molecular formula is C27H31F2N5O2. The molecule has 190 valence electrons. The quantitative estimate of drug-likeness (QED) is 0.425. The lowest BCUT2D eigenvalue weighted by Crippen LogP contribution is -2.18. The summed E-state index contributed by atoms with van der Waals surface area (Å²) in [6.07, 6.45) is 10.6. The van der Waals surface area contributed by atoms with E-state index in [2.05, 4.69) is 45.5 Å². The van der Waals surface area contributed by atoms with E-state index in [0.717, 1.165) is 29.7 Å². The molecule has 4 rings (SSSR count). The third-order valence-corrected chi connectivity index (χ3v) is 6.52. The van der Waals surface area contributed by atoms with Gasteiger partial charge in [-0.1, -0.05) is 32.4 Å². The summed E-state index contributed by atoms with van der Waals surface area (Å²) in [5, 5.41) is 16.5. The lowest BCUT2D eigenvalue weighted by molar-refractivity contribution is -0.119. The zero-order valence-electron chi connectivity index (χ0n) is 20.6. The Morgan fingerprint density at radius 1 is 1.28 bits per heavy atom. The number of amides is 1. The van der Waals surface area contributed by atoms with Gasteiger partial charge in [-0.2, -0.15) is 0 Å². The number of anilines is 2. The number of aliphatic hydroxyl groups is 1. The zero-order valence-corrected chi connectivity index (χ0v) is 20.6. The molecule has 2 aliphatic rings. The number of aromatic nitrogens is 3. The number of aliphatic hydroxyl groups excluding tert-OH is 1. The summed E-state index contributed by atoms with van der Waals surface area (Å²) in [5.74, 6) is -4.19. The van der Waals surface area contributed by atoms with Gasteiger partial charge < -0.3 is 15.7 Å². The van der Waals surface area contributed by atoms with Gasteiger partial charge in [-0.25, -0.2) is 23.7 Å². The van der Waals surface area contributed by atoms with Gasteiger partial charge in [0.15, 0.2) is 0 Å². The molecule has 1 amide bonds. The molecule has 2 aromatic heterocycles. The van der Waals surface area contributed by atoms with Crippen LogP contribution < -0.4 is 10.6 Å². The van der Waals surface area contributed by atoms with Crippen molar-refractivity contribution in [2.24, 2.45) is 11.8 Å². The predicted octanol–water partition coefficient (Wildman–Crippen LogP) is 5.50. The fourth-order valence-corrected chi connectivity index (χ4v) is 4.31. The van der Waals surface area contributed by atoms with Gasteiger partial charge in [0, 0.05) is 35.9 Å². The van der Waals surface area contributed by atoms with Crippen molar-refractivity contribution in [2.75, 3.05) is 10.6 Å². The molecule has 0 aliphatic heterocycles. The first-order valence-corrected chi connectivity index (χ1v) is 12.2. The molecule has 2 heterocycles. The van der Waals surface area contributed by atoms with Crippen LogP contribution in [0.1, 0.15) is 46.5 Å². The highest BCUT2D eigenvalue weighted by Gasteiger charge is 2.61.